The molecule has 5 nitrogen and oxygen atoms in total. The monoisotopic (exact) mass is 394 g/mol. The van der Waals surface area contributed by atoms with Gasteiger partial charge >= 0.3 is 0 Å². The molecular formula is C25H22N4O. The number of aromatic nitrogens is 3. The molecule has 0 atom stereocenters. The summed E-state index contributed by atoms with van der Waals surface area (Å²) >= 11 is 0. The summed E-state index contributed by atoms with van der Waals surface area (Å²) in [5.41, 5.74) is 6.53. The van der Waals surface area contributed by atoms with Gasteiger partial charge in [-0.25, -0.2) is 5.10 Å². The van der Waals surface area contributed by atoms with Crippen LogP contribution in [0, 0.1) is 0 Å². The number of hydrogen-bond donors (Lipinski definition) is 3. The van der Waals surface area contributed by atoms with E-state index in [-0.39, 0.29) is 5.56 Å². The minimum absolute atomic E-state index is 0.190. The van der Waals surface area contributed by atoms with E-state index in [0.717, 1.165) is 52.8 Å². The molecule has 0 saturated carbocycles. The summed E-state index contributed by atoms with van der Waals surface area (Å²) in [4.78, 5) is 16.3. The number of H-pyrrole nitrogens is 2. The Kier molecular flexibility index (Phi) is 4.77. The van der Waals surface area contributed by atoms with Crippen molar-refractivity contribution in [1.82, 2.24) is 20.5 Å². The topological polar surface area (TPSA) is 73.6 Å². The average Bonchev–Trinajstić information content (AvgIpc) is 3.17. The number of rotatable bonds is 5. The summed E-state index contributed by atoms with van der Waals surface area (Å²) < 4.78 is 0. The number of dihydropyridines is 1. The lowest BCUT2D eigenvalue weighted by Gasteiger charge is -2.10. The van der Waals surface area contributed by atoms with Gasteiger partial charge in [-0.2, -0.15) is 5.10 Å². The Labute approximate surface area is 174 Å². The first-order valence-corrected chi connectivity index (χ1v) is 10.1. The van der Waals surface area contributed by atoms with Crippen molar-refractivity contribution in [2.45, 2.75) is 12.8 Å². The van der Waals surface area contributed by atoms with Gasteiger partial charge in [-0.05, 0) is 48.4 Å². The van der Waals surface area contributed by atoms with Gasteiger partial charge in [0.15, 0.2) is 0 Å². The molecule has 0 radical (unpaired) electrons. The van der Waals surface area contributed by atoms with E-state index in [9.17, 15) is 4.79 Å². The van der Waals surface area contributed by atoms with Crippen molar-refractivity contribution in [3.8, 4) is 11.3 Å². The van der Waals surface area contributed by atoms with Gasteiger partial charge in [0.05, 0.1) is 17.0 Å². The van der Waals surface area contributed by atoms with E-state index in [1.54, 1.807) is 0 Å². The number of nitrogens with one attached hydrogen (secondary N) is 3. The SMILES string of the molecule is O=c1[nH]nc(C2=CCNC=C2)cc1-c1[nH]c2ccccc2c1CCc1ccccc1. The number of para-hydroxylation sites is 1. The maximum Gasteiger partial charge on any atom is 0.273 e. The Morgan fingerprint density at radius 2 is 1.80 bits per heavy atom. The van der Waals surface area contributed by atoms with Gasteiger partial charge < -0.3 is 10.3 Å². The molecule has 2 aromatic heterocycles. The minimum atomic E-state index is -0.190. The summed E-state index contributed by atoms with van der Waals surface area (Å²) in [6.45, 7) is 0.747. The first-order valence-electron chi connectivity index (χ1n) is 10.1. The third-order valence-electron chi connectivity index (χ3n) is 5.51. The van der Waals surface area contributed by atoms with Crippen LogP contribution in [0.15, 0.2) is 83.8 Å². The fourth-order valence-corrected chi connectivity index (χ4v) is 3.99. The molecule has 0 amide bonds. The lowest BCUT2D eigenvalue weighted by molar-refractivity contribution is 0.946. The second kappa shape index (κ2) is 7.87. The predicted molar refractivity (Wildman–Crippen MR) is 121 cm³/mol. The smallest absolute Gasteiger partial charge is 0.273 e. The van der Waals surface area contributed by atoms with E-state index in [0.29, 0.717) is 5.56 Å². The van der Waals surface area contributed by atoms with Crippen molar-refractivity contribution in [1.29, 1.82) is 0 Å². The molecule has 0 spiro atoms. The fraction of sp³-hybridized carbons (Fsp3) is 0.120. The molecule has 0 unspecified atom stereocenters. The van der Waals surface area contributed by atoms with E-state index >= 15 is 0 Å². The van der Waals surface area contributed by atoms with Gasteiger partial charge in [0, 0.05) is 23.0 Å². The van der Waals surface area contributed by atoms with Gasteiger partial charge in [0.1, 0.15) is 0 Å². The zero-order valence-electron chi connectivity index (χ0n) is 16.5. The van der Waals surface area contributed by atoms with Crippen molar-refractivity contribution in [2.24, 2.45) is 0 Å². The zero-order chi connectivity index (χ0) is 20.3. The van der Waals surface area contributed by atoms with Crippen LogP contribution in [0.4, 0.5) is 0 Å². The van der Waals surface area contributed by atoms with Crippen LogP contribution in [-0.4, -0.2) is 21.7 Å². The molecule has 0 aliphatic carbocycles. The Balaban J connectivity index is 1.61. The summed E-state index contributed by atoms with van der Waals surface area (Å²) in [6, 6.07) is 20.5. The molecule has 1 aliphatic heterocycles. The highest BCUT2D eigenvalue weighted by Gasteiger charge is 2.17. The number of allylic oxidation sites excluding steroid dienone is 2. The van der Waals surface area contributed by atoms with Crippen LogP contribution < -0.4 is 10.9 Å². The minimum Gasteiger partial charge on any atom is -0.387 e. The molecule has 5 heteroatoms. The molecule has 3 heterocycles. The molecule has 1 aliphatic rings. The number of aromatic amines is 2. The second-order valence-electron chi connectivity index (χ2n) is 7.41. The molecule has 2 aromatic carbocycles. The first kappa shape index (κ1) is 18.2. The molecular weight excluding hydrogens is 372 g/mol. The van der Waals surface area contributed by atoms with Crippen molar-refractivity contribution < 1.29 is 0 Å². The highest BCUT2D eigenvalue weighted by Crippen LogP contribution is 2.31. The Morgan fingerprint density at radius 1 is 0.967 bits per heavy atom. The standard InChI is InChI=1S/C25H22N4O/c30-25-21(16-23(28-29-25)18-12-14-26-15-13-18)24-20(11-10-17-6-2-1-3-7-17)19-8-4-5-9-22(19)27-24/h1-9,12-14,16,26-27H,10-11,15H2,(H,29,30). The third-order valence-corrected chi connectivity index (χ3v) is 5.51. The van der Waals surface area contributed by atoms with Crippen LogP contribution in [0.25, 0.3) is 27.7 Å². The third kappa shape index (κ3) is 3.46. The number of hydrogen-bond acceptors (Lipinski definition) is 3. The predicted octanol–water partition coefficient (Wildman–Crippen LogP) is 4.20. The number of fused-ring (bicyclic) bond motifs is 1. The lowest BCUT2D eigenvalue weighted by Crippen LogP contribution is -2.15. The van der Waals surface area contributed by atoms with Crippen molar-refractivity contribution in [3.63, 3.8) is 0 Å². The molecule has 4 aromatic rings. The quantitative estimate of drug-likeness (QED) is 0.475. The average molecular weight is 394 g/mol. The zero-order valence-corrected chi connectivity index (χ0v) is 16.5. The van der Waals surface area contributed by atoms with E-state index in [4.69, 9.17) is 0 Å². The van der Waals surface area contributed by atoms with Gasteiger partial charge in [0.2, 0.25) is 0 Å². The maximum atomic E-state index is 12.8. The van der Waals surface area contributed by atoms with Crippen LogP contribution in [0.2, 0.25) is 0 Å². The summed E-state index contributed by atoms with van der Waals surface area (Å²) in [6.07, 6.45) is 7.68. The summed E-state index contributed by atoms with van der Waals surface area (Å²) in [7, 11) is 0. The largest absolute Gasteiger partial charge is 0.387 e. The van der Waals surface area contributed by atoms with Crippen molar-refractivity contribution in [2.75, 3.05) is 6.54 Å². The lowest BCUT2D eigenvalue weighted by atomic mass is 9.98. The highest BCUT2D eigenvalue weighted by molar-refractivity contribution is 5.91. The number of aryl methyl sites for hydroxylation is 2. The number of benzene rings is 2. The van der Waals surface area contributed by atoms with Gasteiger partial charge in [0.25, 0.3) is 5.56 Å². The second-order valence-corrected chi connectivity index (χ2v) is 7.41. The van der Waals surface area contributed by atoms with E-state index in [1.807, 2.05) is 36.5 Å². The van der Waals surface area contributed by atoms with E-state index in [1.165, 1.54) is 5.56 Å². The van der Waals surface area contributed by atoms with Crippen LogP contribution in [-0.2, 0) is 12.8 Å². The van der Waals surface area contributed by atoms with Crippen molar-refractivity contribution in [3.05, 3.63) is 106 Å². The highest BCUT2D eigenvalue weighted by atomic mass is 16.1. The Hall–Kier alpha value is -3.86. The summed E-state index contributed by atoms with van der Waals surface area (Å²) in [5, 5.41) is 11.2. The van der Waals surface area contributed by atoms with E-state index < -0.39 is 0 Å². The first-order chi connectivity index (χ1) is 14.8. The van der Waals surface area contributed by atoms with Gasteiger partial charge in [-0.1, -0.05) is 54.6 Å². The Bertz CT molecular complexity index is 1310. The van der Waals surface area contributed by atoms with Crippen LogP contribution in [0.5, 0.6) is 0 Å². The van der Waals surface area contributed by atoms with E-state index in [2.05, 4.69) is 63.0 Å². The molecule has 5 rings (SSSR count). The van der Waals surface area contributed by atoms with Gasteiger partial charge in [-0.3, -0.25) is 4.79 Å². The molecule has 0 fully saturated rings. The molecule has 0 bridgehead atoms. The fourth-order valence-electron chi connectivity index (χ4n) is 3.99. The van der Waals surface area contributed by atoms with Crippen LogP contribution >= 0.6 is 0 Å². The van der Waals surface area contributed by atoms with Crippen molar-refractivity contribution >= 4 is 16.5 Å². The molecule has 0 saturated heterocycles. The Morgan fingerprint density at radius 3 is 2.63 bits per heavy atom. The van der Waals surface area contributed by atoms with Gasteiger partial charge in [-0.15, -0.1) is 0 Å². The van der Waals surface area contributed by atoms with Crippen LogP contribution in [0.3, 0.4) is 0 Å². The molecule has 30 heavy (non-hydrogen) atoms. The number of nitrogens with zero attached hydrogens (tertiary/aromatic N) is 1. The normalized spacial score (nSPS) is 13.3. The molecule has 3 N–H and O–H groups in total. The molecule has 148 valence electrons. The summed E-state index contributed by atoms with van der Waals surface area (Å²) in [5.74, 6) is 0. The maximum absolute atomic E-state index is 12.8. The van der Waals surface area contributed by atoms with Crippen LogP contribution in [0.1, 0.15) is 16.8 Å².